The van der Waals surface area contributed by atoms with Gasteiger partial charge in [-0.3, -0.25) is 9.59 Å². The highest BCUT2D eigenvalue weighted by atomic mass is 16.5. The van der Waals surface area contributed by atoms with Gasteiger partial charge in [-0.1, -0.05) is 45.9 Å². The van der Waals surface area contributed by atoms with Crippen molar-refractivity contribution in [3.05, 3.63) is 29.3 Å². The van der Waals surface area contributed by atoms with Gasteiger partial charge in [-0.25, -0.2) is 0 Å². The lowest BCUT2D eigenvalue weighted by Crippen LogP contribution is -2.12. The summed E-state index contributed by atoms with van der Waals surface area (Å²) in [6.45, 7) is 8.23. The fourth-order valence-electron chi connectivity index (χ4n) is 2.15. The van der Waals surface area contributed by atoms with Crippen LogP contribution in [0.5, 0.6) is 5.75 Å². The molecule has 0 aromatic heterocycles. The van der Waals surface area contributed by atoms with Gasteiger partial charge in [0.2, 0.25) is 0 Å². The number of hydrogen-bond acceptors (Lipinski definition) is 3. The Kier molecular flexibility index (Phi) is 6.40. The normalized spacial score (nSPS) is 11.0. The molecular weight excluding hydrogens is 268 g/mol. The molecule has 1 aromatic carbocycles. The summed E-state index contributed by atoms with van der Waals surface area (Å²) in [5.74, 6) is -0.113. The highest BCUT2D eigenvalue weighted by Crippen LogP contribution is 2.34. The second kappa shape index (κ2) is 7.81. The quantitative estimate of drug-likeness (QED) is 0.607. The first-order chi connectivity index (χ1) is 9.82. The van der Waals surface area contributed by atoms with Gasteiger partial charge in [-0.15, -0.1) is 0 Å². The highest BCUT2D eigenvalue weighted by molar-refractivity contribution is 5.74. The lowest BCUT2D eigenvalue weighted by atomic mass is 9.94. The molecule has 0 spiro atoms. The predicted molar refractivity (Wildman–Crippen MR) is 81.7 cm³/mol. The van der Waals surface area contributed by atoms with E-state index in [4.69, 9.17) is 9.84 Å². The summed E-state index contributed by atoms with van der Waals surface area (Å²) in [5.41, 5.74) is 2.01. The molecule has 0 unspecified atom stereocenters. The van der Waals surface area contributed by atoms with E-state index in [1.54, 1.807) is 0 Å². The van der Waals surface area contributed by atoms with E-state index in [1.807, 2.05) is 18.2 Å². The summed E-state index contributed by atoms with van der Waals surface area (Å²) in [7, 11) is 0. The molecule has 4 heteroatoms. The number of carbonyl (C=O) groups excluding carboxylic acids is 1. The van der Waals surface area contributed by atoms with Crippen molar-refractivity contribution in [2.75, 3.05) is 0 Å². The van der Waals surface area contributed by atoms with E-state index in [2.05, 4.69) is 27.7 Å². The number of hydrogen-bond donors (Lipinski definition) is 1. The monoisotopic (exact) mass is 292 g/mol. The lowest BCUT2D eigenvalue weighted by Gasteiger charge is -2.18. The Bertz CT molecular complexity index is 477. The zero-order valence-electron chi connectivity index (χ0n) is 13.2. The third-order valence-electron chi connectivity index (χ3n) is 3.31. The van der Waals surface area contributed by atoms with E-state index < -0.39 is 5.97 Å². The Hall–Kier alpha value is -1.84. The Morgan fingerprint density at radius 1 is 1.05 bits per heavy atom. The van der Waals surface area contributed by atoms with Gasteiger partial charge in [0.25, 0.3) is 0 Å². The van der Waals surface area contributed by atoms with Crippen molar-refractivity contribution in [1.82, 2.24) is 0 Å². The van der Waals surface area contributed by atoms with Crippen LogP contribution in [-0.2, 0) is 9.59 Å². The van der Waals surface area contributed by atoms with Gasteiger partial charge in [0, 0.05) is 12.8 Å². The first-order valence-corrected chi connectivity index (χ1v) is 7.38. The molecule has 0 fully saturated rings. The molecule has 0 aliphatic rings. The van der Waals surface area contributed by atoms with E-state index in [-0.39, 0.29) is 30.6 Å². The number of benzene rings is 1. The molecule has 0 atom stereocenters. The number of carbonyl (C=O) groups is 2. The first kappa shape index (κ1) is 17.2. The average Bonchev–Trinajstić information content (AvgIpc) is 2.37. The van der Waals surface area contributed by atoms with Gasteiger partial charge in [-0.2, -0.15) is 0 Å². The fraction of sp³-hybridized carbons (Fsp3) is 0.529. The van der Waals surface area contributed by atoms with Crippen LogP contribution in [0.2, 0.25) is 0 Å². The van der Waals surface area contributed by atoms with E-state index in [0.717, 1.165) is 11.1 Å². The summed E-state index contributed by atoms with van der Waals surface area (Å²) in [6.07, 6.45) is 0.406. The van der Waals surface area contributed by atoms with Crippen LogP contribution >= 0.6 is 0 Å². The van der Waals surface area contributed by atoms with Crippen molar-refractivity contribution in [2.45, 2.75) is 58.8 Å². The second-order valence-electron chi connectivity index (χ2n) is 5.80. The van der Waals surface area contributed by atoms with Crippen LogP contribution in [0.4, 0.5) is 0 Å². The first-order valence-electron chi connectivity index (χ1n) is 7.38. The number of para-hydroxylation sites is 1. The molecule has 1 aromatic rings. The topological polar surface area (TPSA) is 63.6 Å². The molecule has 1 N–H and O–H groups in total. The van der Waals surface area contributed by atoms with E-state index >= 15 is 0 Å². The smallest absolute Gasteiger partial charge is 0.311 e. The minimum absolute atomic E-state index is 0.0159. The van der Waals surface area contributed by atoms with E-state index in [1.165, 1.54) is 0 Å². The third kappa shape index (κ3) is 5.21. The van der Waals surface area contributed by atoms with Crippen LogP contribution in [0.1, 0.15) is 69.9 Å². The van der Waals surface area contributed by atoms with Crippen LogP contribution < -0.4 is 4.74 Å². The molecule has 0 bridgehead atoms. The van der Waals surface area contributed by atoms with Crippen molar-refractivity contribution in [3.63, 3.8) is 0 Å². The number of aliphatic carboxylic acids is 1. The van der Waals surface area contributed by atoms with Crippen molar-refractivity contribution in [2.24, 2.45) is 0 Å². The molecule has 0 radical (unpaired) electrons. The molecule has 0 heterocycles. The predicted octanol–water partition coefficient (Wildman–Crippen LogP) is 4.09. The molecule has 0 aliphatic heterocycles. The lowest BCUT2D eigenvalue weighted by molar-refractivity contribution is -0.137. The molecule has 116 valence electrons. The molecule has 1 rings (SSSR count). The Morgan fingerprint density at radius 3 is 2.00 bits per heavy atom. The maximum absolute atomic E-state index is 11.9. The summed E-state index contributed by atoms with van der Waals surface area (Å²) in [5, 5.41) is 8.60. The van der Waals surface area contributed by atoms with Crippen LogP contribution in [0.3, 0.4) is 0 Å². The van der Waals surface area contributed by atoms with Crippen LogP contribution in [-0.4, -0.2) is 17.0 Å². The van der Waals surface area contributed by atoms with Gasteiger partial charge in [-0.05, 0) is 29.4 Å². The zero-order chi connectivity index (χ0) is 16.0. The van der Waals surface area contributed by atoms with Crippen molar-refractivity contribution in [1.29, 1.82) is 0 Å². The van der Waals surface area contributed by atoms with Gasteiger partial charge < -0.3 is 9.84 Å². The molecule has 0 aliphatic carbocycles. The van der Waals surface area contributed by atoms with Crippen molar-refractivity contribution < 1.29 is 19.4 Å². The highest BCUT2D eigenvalue weighted by Gasteiger charge is 2.18. The number of ether oxygens (including phenoxy) is 1. The van der Waals surface area contributed by atoms with Crippen LogP contribution in [0, 0.1) is 0 Å². The number of carboxylic acid groups (broad SMARTS) is 1. The minimum atomic E-state index is -0.895. The summed E-state index contributed by atoms with van der Waals surface area (Å²) in [4.78, 5) is 22.4. The SMILES string of the molecule is CC(C)c1cccc(C(C)C)c1OC(=O)CCCC(=O)O. The summed E-state index contributed by atoms with van der Waals surface area (Å²) >= 11 is 0. The largest absolute Gasteiger partial charge is 0.481 e. The molecule has 0 saturated carbocycles. The van der Waals surface area contributed by atoms with Crippen LogP contribution in [0.15, 0.2) is 18.2 Å². The Morgan fingerprint density at radius 2 is 1.57 bits per heavy atom. The Balaban J connectivity index is 2.89. The molecular formula is C17H24O4. The maximum Gasteiger partial charge on any atom is 0.311 e. The maximum atomic E-state index is 11.9. The zero-order valence-corrected chi connectivity index (χ0v) is 13.2. The van der Waals surface area contributed by atoms with Crippen molar-refractivity contribution in [3.8, 4) is 5.75 Å². The van der Waals surface area contributed by atoms with Gasteiger partial charge in [0.15, 0.2) is 0 Å². The molecule has 0 saturated heterocycles. The van der Waals surface area contributed by atoms with Crippen LogP contribution in [0.25, 0.3) is 0 Å². The number of esters is 1. The fourth-order valence-corrected chi connectivity index (χ4v) is 2.15. The average molecular weight is 292 g/mol. The second-order valence-corrected chi connectivity index (χ2v) is 5.80. The van der Waals surface area contributed by atoms with E-state index in [9.17, 15) is 9.59 Å². The molecule has 21 heavy (non-hydrogen) atoms. The molecule has 4 nitrogen and oxygen atoms in total. The van der Waals surface area contributed by atoms with Gasteiger partial charge >= 0.3 is 11.9 Å². The third-order valence-corrected chi connectivity index (χ3v) is 3.31. The van der Waals surface area contributed by atoms with E-state index in [0.29, 0.717) is 12.2 Å². The standard InChI is InChI=1S/C17H24O4/c1-11(2)13-7-5-8-14(12(3)4)17(13)21-16(20)10-6-9-15(18)19/h5,7-8,11-12H,6,9-10H2,1-4H3,(H,18,19). The van der Waals surface area contributed by atoms with Crippen molar-refractivity contribution >= 4 is 11.9 Å². The molecule has 0 amide bonds. The number of carboxylic acids is 1. The minimum Gasteiger partial charge on any atom is -0.481 e. The summed E-state index contributed by atoms with van der Waals surface area (Å²) < 4.78 is 5.55. The Labute approximate surface area is 126 Å². The number of rotatable bonds is 7. The summed E-state index contributed by atoms with van der Waals surface area (Å²) in [6, 6.07) is 5.92. The van der Waals surface area contributed by atoms with Gasteiger partial charge in [0.05, 0.1) is 0 Å². The van der Waals surface area contributed by atoms with Gasteiger partial charge in [0.1, 0.15) is 5.75 Å².